The van der Waals surface area contributed by atoms with Crippen LogP contribution in [0.3, 0.4) is 0 Å². The van der Waals surface area contributed by atoms with Crippen molar-refractivity contribution in [2.24, 2.45) is 0 Å². The van der Waals surface area contributed by atoms with Crippen LogP contribution in [0.15, 0.2) is 54.7 Å². The van der Waals surface area contributed by atoms with E-state index in [0.717, 1.165) is 5.39 Å². The van der Waals surface area contributed by atoms with E-state index in [1.54, 1.807) is 24.4 Å². The summed E-state index contributed by atoms with van der Waals surface area (Å²) in [5.41, 5.74) is 1.05. The Morgan fingerprint density at radius 3 is 2.80 bits per heavy atom. The van der Waals surface area contributed by atoms with Crippen LogP contribution in [0.5, 0.6) is 0 Å². The fourth-order valence-electron chi connectivity index (χ4n) is 2.03. The summed E-state index contributed by atoms with van der Waals surface area (Å²) in [7, 11) is 0. The molecule has 0 amide bonds. The van der Waals surface area contributed by atoms with Crippen molar-refractivity contribution in [3.63, 3.8) is 0 Å². The minimum absolute atomic E-state index is 0.0345. The van der Waals surface area contributed by atoms with Gasteiger partial charge in [-0.2, -0.15) is 0 Å². The minimum atomic E-state index is -0.583. The number of hydrogen-bond acceptors (Lipinski definition) is 2. The zero-order valence-corrected chi connectivity index (χ0v) is 11.1. The fraction of sp³-hybridized carbons (Fsp3) is 0. The molecule has 0 spiro atoms. The van der Waals surface area contributed by atoms with E-state index in [4.69, 9.17) is 11.6 Å². The summed E-state index contributed by atoms with van der Waals surface area (Å²) in [6, 6.07) is 12.8. The van der Waals surface area contributed by atoms with Gasteiger partial charge in [-0.1, -0.05) is 29.8 Å². The van der Waals surface area contributed by atoms with Gasteiger partial charge in [0.2, 0.25) is 0 Å². The van der Waals surface area contributed by atoms with Crippen molar-refractivity contribution in [2.75, 3.05) is 0 Å². The molecule has 0 aliphatic carbocycles. The van der Waals surface area contributed by atoms with Gasteiger partial charge in [-0.25, -0.2) is 4.39 Å². The Morgan fingerprint density at radius 1 is 1.10 bits per heavy atom. The van der Waals surface area contributed by atoms with Crippen molar-refractivity contribution in [3.05, 3.63) is 76.7 Å². The van der Waals surface area contributed by atoms with E-state index >= 15 is 0 Å². The van der Waals surface area contributed by atoms with Gasteiger partial charge in [-0.05, 0) is 30.3 Å². The summed E-state index contributed by atoms with van der Waals surface area (Å²) >= 11 is 5.81. The first-order valence-corrected chi connectivity index (χ1v) is 6.37. The number of carbonyl (C=O) groups is 1. The van der Waals surface area contributed by atoms with Crippen molar-refractivity contribution in [1.82, 2.24) is 4.98 Å². The number of carbonyl (C=O) groups excluding carboxylic acids is 1. The van der Waals surface area contributed by atoms with Crippen LogP contribution in [0.25, 0.3) is 10.9 Å². The zero-order valence-electron chi connectivity index (χ0n) is 10.3. The predicted molar refractivity (Wildman–Crippen MR) is 76.6 cm³/mol. The van der Waals surface area contributed by atoms with E-state index in [9.17, 15) is 9.18 Å². The second kappa shape index (κ2) is 5.02. The van der Waals surface area contributed by atoms with Crippen LogP contribution in [-0.4, -0.2) is 10.8 Å². The number of benzene rings is 2. The first-order chi connectivity index (χ1) is 9.65. The summed E-state index contributed by atoms with van der Waals surface area (Å²) in [6.45, 7) is 0. The van der Waals surface area contributed by atoms with E-state index < -0.39 is 11.6 Å². The Kier molecular flexibility index (Phi) is 3.20. The molecule has 0 aliphatic rings. The number of rotatable bonds is 2. The van der Waals surface area contributed by atoms with Gasteiger partial charge in [-0.3, -0.25) is 9.78 Å². The van der Waals surface area contributed by atoms with Crippen molar-refractivity contribution in [3.8, 4) is 0 Å². The maximum Gasteiger partial charge on any atom is 0.196 e. The van der Waals surface area contributed by atoms with Crippen molar-refractivity contribution < 1.29 is 9.18 Å². The monoisotopic (exact) mass is 285 g/mol. The molecule has 0 atom stereocenters. The predicted octanol–water partition coefficient (Wildman–Crippen LogP) is 4.26. The molecular weight excluding hydrogens is 277 g/mol. The number of fused-ring (bicyclic) bond motifs is 1. The molecule has 0 saturated heterocycles. The summed E-state index contributed by atoms with van der Waals surface area (Å²) in [5, 5.41) is 1.25. The quantitative estimate of drug-likeness (QED) is 0.659. The number of hydrogen-bond donors (Lipinski definition) is 0. The number of aromatic nitrogens is 1. The van der Waals surface area contributed by atoms with Gasteiger partial charge in [0.25, 0.3) is 0 Å². The van der Waals surface area contributed by atoms with Gasteiger partial charge < -0.3 is 0 Å². The summed E-state index contributed by atoms with van der Waals surface area (Å²) < 4.78 is 13.7. The molecule has 2 nitrogen and oxygen atoms in total. The summed E-state index contributed by atoms with van der Waals surface area (Å²) in [6.07, 6.45) is 1.65. The average molecular weight is 286 g/mol. The lowest BCUT2D eigenvalue weighted by molar-refractivity contribution is 0.103. The van der Waals surface area contributed by atoms with Gasteiger partial charge in [0.05, 0.1) is 11.1 Å². The third kappa shape index (κ3) is 2.28. The summed E-state index contributed by atoms with van der Waals surface area (Å²) in [4.78, 5) is 16.5. The molecule has 98 valence electrons. The van der Waals surface area contributed by atoms with Gasteiger partial charge >= 0.3 is 0 Å². The van der Waals surface area contributed by atoms with Gasteiger partial charge in [0, 0.05) is 22.2 Å². The maximum absolute atomic E-state index is 13.7. The highest BCUT2D eigenvalue weighted by molar-refractivity contribution is 6.31. The Bertz CT molecular complexity index is 816. The Balaban J connectivity index is 2.10. The van der Waals surface area contributed by atoms with E-state index in [1.807, 2.05) is 12.1 Å². The Labute approximate surface area is 119 Å². The molecule has 0 fully saturated rings. The van der Waals surface area contributed by atoms with E-state index in [1.165, 1.54) is 18.2 Å². The molecule has 0 unspecified atom stereocenters. The smallest absolute Gasteiger partial charge is 0.196 e. The molecule has 4 heteroatoms. The second-order valence-electron chi connectivity index (χ2n) is 4.36. The third-order valence-corrected chi connectivity index (χ3v) is 3.28. The topological polar surface area (TPSA) is 30.0 Å². The lowest BCUT2D eigenvalue weighted by Gasteiger charge is -2.04. The standard InChI is InChI=1S/C16H9ClFNO/c17-12-5-6-14(18)13(9-12)16(20)11-4-3-10-2-1-7-19-15(10)8-11/h1-9H. The lowest BCUT2D eigenvalue weighted by atomic mass is 10.0. The summed E-state index contributed by atoms with van der Waals surface area (Å²) in [5.74, 6) is -0.988. The van der Waals surface area contributed by atoms with E-state index in [0.29, 0.717) is 16.1 Å². The number of pyridine rings is 1. The Hall–Kier alpha value is -2.26. The van der Waals surface area contributed by atoms with Crippen LogP contribution in [0, 0.1) is 5.82 Å². The molecule has 1 aromatic heterocycles. The molecule has 1 heterocycles. The largest absolute Gasteiger partial charge is 0.288 e. The lowest BCUT2D eigenvalue weighted by Crippen LogP contribution is -2.04. The zero-order chi connectivity index (χ0) is 14.1. The average Bonchev–Trinajstić information content (AvgIpc) is 2.48. The number of ketones is 1. The van der Waals surface area contributed by atoms with Crippen LogP contribution >= 0.6 is 11.6 Å². The Morgan fingerprint density at radius 2 is 1.95 bits per heavy atom. The maximum atomic E-state index is 13.7. The first kappa shape index (κ1) is 12.8. The van der Waals surface area contributed by atoms with E-state index in [-0.39, 0.29) is 5.56 Å². The van der Waals surface area contributed by atoms with Crippen molar-refractivity contribution in [2.45, 2.75) is 0 Å². The van der Waals surface area contributed by atoms with Crippen LogP contribution in [0.4, 0.5) is 4.39 Å². The molecule has 2 aromatic carbocycles. The van der Waals surface area contributed by atoms with Crippen LogP contribution in [0.1, 0.15) is 15.9 Å². The van der Waals surface area contributed by atoms with Gasteiger partial charge in [-0.15, -0.1) is 0 Å². The SMILES string of the molecule is O=C(c1ccc2cccnc2c1)c1cc(Cl)ccc1F. The molecule has 3 rings (SSSR count). The highest BCUT2D eigenvalue weighted by atomic mass is 35.5. The van der Waals surface area contributed by atoms with Crippen molar-refractivity contribution in [1.29, 1.82) is 0 Å². The second-order valence-corrected chi connectivity index (χ2v) is 4.80. The van der Waals surface area contributed by atoms with Crippen LogP contribution in [-0.2, 0) is 0 Å². The van der Waals surface area contributed by atoms with Crippen LogP contribution < -0.4 is 0 Å². The highest BCUT2D eigenvalue weighted by Crippen LogP contribution is 2.20. The van der Waals surface area contributed by atoms with E-state index in [2.05, 4.69) is 4.98 Å². The molecular formula is C16H9ClFNO. The number of halogens is 2. The van der Waals surface area contributed by atoms with Crippen LogP contribution in [0.2, 0.25) is 5.02 Å². The fourth-order valence-corrected chi connectivity index (χ4v) is 2.21. The van der Waals surface area contributed by atoms with Crippen molar-refractivity contribution >= 4 is 28.3 Å². The third-order valence-electron chi connectivity index (χ3n) is 3.04. The highest BCUT2D eigenvalue weighted by Gasteiger charge is 2.15. The van der Waals surface area contributed by atoms with Gasteiger partial charge in [0.15, 0.2) is 5.78 Å². The molecule has 0 aliphatic heterocycles. The normalized spacial score (nSPS) is 10.7. The molecule has 0 saturated carbocycles. The molecule has 0 radical (unpaired) electrons. The molecule has 20 heavy (non-hydrogen) atoms. The first-order valence-electron chi connectivity index (χ1n) is 6.00. The van der Waals surface area contributed by atoms with Gasteiger partial charge in [0.1, 0.15) is 5.82 Å². The minimum Gasteiger partial charge on any atom is -0.288 e. The number of nitrogens with zero attached hydrogens (tertiary/aromatic N) is 1. The molecule has 0 bridgehead atoms. The molecule has 3 aromatic rings. The molecule has 0 N–H and O–H groups in total.